The van der Waals surface area contributed by atoms with Gasteiger partial charge in [0.25, 0.3) is 0 Å². The number of nitrogens with one attached hydrogen (secondary N) is 1. The predicted molar refractivity (Wildman–Crippen MR) is 70.7 cm³/mol. The molecule has 3 heteroatoms. The van der Waals surface area contributed by atoms with E-state index in [1.165, 1.54) is 44.6 Å². The van der Waals surface area contributed by atoms with Crippen molar-refractivity contribution in [1.82, 2.24) is 10.2 Å². The molecule has 1 rings (SSSR count). The van der Waals surface area contributed by atoms with Crippen LogP contribution in [0.5, 0.6) is 0 Å². The average molecular weight is 230 g/mol. The number of nitrogens with zero attached hydrogens (tertiary/aromatic N) is 1. The quantitative estimate of drug-likeness (QED) is 0.752. The lowest BCUT2D eigenvalue weighted by atomic mass is 9.97. The Labute approximate surface area is 99.2 Å². The Morgan fingerprint density at radius 1 is 1.40 bits per heavy atom. The summed E-state index contributed by atoms with van der Waals surface area (Å²) in [7, 11) is 2.23. The van der Waals surface area contributed by atoms with Crippen molar-refractivity contribution in [1.29, 1.82) is 0 Å². The van der Waals surface area contributed by atoms with Crippen LogP contribution in [0.25, 0.3) is 0 Å². The van der Waals surface area contributed by atoms with Crippen molar-refractivity contribution in [3.05, 3.63) is 0 Å². The van der Waals surface area contributed by atoms with Gasteiger partial charge in [-0.05, 0) is 70.8 Å². The van der Waals surface area contributed by atoms with Crippen molar-refractivity contribution in [2.24, 2.45) is 5.92 Å². The highest BCUT2D eigenvalue weighted by Gasteiger charge is 2.16. The van der Waals surface area contributed by atoms with Crippen molar-refractivity contribution >= 4 is 11.8 Å². The molecule has 0 aliphatic carbocycles. The van der Waals surface area contributed by atoms with E-state index in [-0.39, 0.29) is 0 Å². The van der Waals surface area contributed by atoms with Crippen LogP contribution in [0.3, 0.4) is 0 Å². The summed E-state index contributed by atoms with van der Waals surface area (Å²) in [5.41, 5.74) is 0. The molecular formula is C12H26N2S. The zero-order chi connectivity index (χ0) is 11.1. The van der Waals surface area contributed by atoms with Crippen molar-refractivity contribution in [3.8, 4) is 0 Å². The molecule has 15 heavy (non-hydrogen) atoms. The van der Waals surface area contributed by atoms with E-state index in [1.807, 2.05) is 11.8 Å². The summed E-state index contributed by atoms with van der Waals surface area (Å²) in [5.74, 6) is 2.19. The summed E-state index contributed by atoms with van der Waals surface area (Å²) in [6.45, 7) is 6.10. The van der Waals surface area contributed by atoms with Gasteiger partial charge in [-0.2, -0.15) is 11.8 Å². The van der Waals surface area contributed by atoms with E-state index >= 15 is 0 Å². The van der Waals surface area contributed by atoms with Gasteiger partial charge in [-0.25, -0.2) is 0 Å². The largest absolute Gasteiger partial charge is 0.314 e. The molecule has 1 aliphatic rings. The van der Waals surface area contributed by atoms with Crippen LogP contribution in [0.1, 0.15) is 26.2 Å². The van der Waals surface area contributed by atoms with Crippen LogP contribution in [0, 0.1) is 5.92 Å². The standard InChI is InChI=1S/C12H26N2S/c1-11(6-9-15-3)13-10-12-4-7-14(2)8-5-12/h11-13H,4-10H2,1-3H3. The molecule has 1 aliphatic heterocycles. The maximum atomic E-state index is 3.67. The average Bonchev–Trinajstić information content (AvgIpc) is 2.25. The maximum absolute atomic E-state index is 3.67. The van der Waals surface area contributed by atoms with E-state index in [4.69, 9.17) is 0 Å². The highest BCUT2D eigenvalue weighted by atomic mass is 32.2. The monoisotopic (exact) mass is 230 g/mol. The summed E-state index contributed by atoms with van der Waals surface area (Å²) in [6.07, 6.45) is 6.23. The Balaban J connectivity index is 2.04. The number of likely N-dealkylation sites (tertiary alicyclic amines) is 1. The minimum atomic E-state index is 0.692. The van der Waals surface area contributed by atoms with Crippen LogP contribution < -0.4 is 5.32 Å². The Morgan fingerprint density at radius 2 is 2.07 bits per heavy atom. The van der Waals surface area contributed by atoms with Crippen LogP contribution >= 0.6 is 11.8 Å². The molecule has 1 atom stereocenters. The van der Waals surface area contributed by atoms with Gasteiger partial charge in [0.2, 0.25) is 0 Å². The van der Waals surface area contributed by atoms with E-state index in [0.29, 0.717) is 6.04 Å². The van der Waals surface area contributed by atoms with Gasteiger partial charge in [0.15, 0.2) is 0 Å². The van der Waals surface area contributed by atoms with Crippen LogP contribution in [0.4, 0.5) is 0 Å². The van der Waals surface area contributed by atoms with Crippen LogP contribution in [-0.2, 0) is 0 Å². The highest BCUT2D eigenvalue weighted by Crippen LogP contribution is 2.15. The number of piperidine rings is 1. The lowest BCUT2D eigenvalue weighted by molar-refractivity contribution is 0.213. The van der Waals surface area contributed by atoms with Crippen LogP contribution in [0.2, 0.25) is 0 Å². The predicted octanol–water partition coefficient (Wildman–Crippen LogP) is 2.06. The first kappa shape index (κ1) is 13.3. The normalized spacial score (nSPS) is 21.8. The first-order valence-electron chi connectivity index (χ1n) is 6.13. The van der Waals surface area contributed by atoms with E-state index in [2.05, 4.69) is 30.4 Å². The molecule has 90 valence electrons. The zero-order valence-corrected chi connectivity index (χ0v) is 11.3. The van der Waals surface area contributed by atoms with Gasteiger partial charge < -0.3 is 10.2 Å². The molecular weight excluding hydrogens is 204 g/mol. The maximum Gasteiger partial charge on any atom is 0.00466 e. The molecule has 1 unspecified atom stereocenters. The molecule has 1 N–H and O–H groups in total. The van der Waals surface area contributed by atoms with Gasteiger partial charge in [0.05, 0.1) is 0 Å². The zero-order valence-electron chi connectivity index (χ0n) is 10.5. The van der Waals surface area contributed by atoms with Crippen LogP contribution in [0.15, 0.2) is 0 Å². The second-order valence-electron chi connectivity index (χ2n) is 4.84. The Kier molecular flexibility index (Phi) is 6.69. The van der Waals surface area contributed by atoms with Gasteiger partial charge in [-0.3, -0.25) is 0 Å². The number of hydrogen-bond donors (Lipinski definition) is 1. The fourth-order valence-electron chi connectivity index (χ4n) is 2.03. The van der Waals surface area contributed by atoms with Crippen molar-refractivity contribution in [2.45, 2.75) is 32.2 Å². The molecule has 0 aromatic carbocycles. The first-order chi connectivity index (χ1) is 7.22. The summed E-state index contributed by atoms with van der Waals surface area (Å²) in [6, 6.07) is 0.692. The third-order valence-corrected chi connectivity index (χ3v) is 3.99. The van der Waals surface area contributed by atoms with Crippen molar-refractivity contribution in [2.75, 3.05) is 38.7 Å². The number of hydrogen-bond acceptors (Lipinski definition) is 3. The highest BCUT2D eigenvalue weighted by molar-refractivity contribution is 7.98. The molecule has 0 aromatic rings. The number of rotatable bonds is 6. The summed E-state index contributed by atoms with van der Waals surface area (Å²) in [4.78, 5) is 2.44. The second-order valence-corrected chi connectivity index (χ2v) is 5.82. The van der Waals surface area contributed by atoms with E-state index < -0.39 is 0 Å². The molecule has 1 saturated heterocycles. The van der Waals surface area contributed by atoms with Gasteiger partial charge in [0.1, 0.15) is 0 Å². The van der Waals surface area contributed by atoms with E-state index in [1.54, 1.807) is 0 Å². The Bertz CT molecular complexity index is 156. The molecule has 1 fully saturated rings. The SMILES string of the molecule is CSCCC(C)NCC1CCN(C)CC1. The summed E-state index contributed by atoms with van der Waals surface area (Å²) in [5, 5.41) is 3.67. The van der Waals surface area contributed by atoms with Gasteiger partial charge >= 0.3 is 0 Å². The van der Waals surface area contributed by atoms with E-state index in [9.17, 15) is 0 Å². The second kappa shape index (κ2) is 7.53. The third-order valence-electron chi connectivity index (χ3n) is 3.35. The summed E-state index contributed by atoms with van der Waals surface area (Å²) >= 11 is 1.95. The first-order valence-corrected chi connectivity index (χ1v) is 7.52. The summed E-state index contributed by atoms with van der Waals surface area (Å²) < 4.78 is 0. The topological polar surface area (TPSA) is 15.3 Å². The minimum Gasteiger partial charge on any atom is -0.314 e. The number of thioether (sulfide) groups is 1. The smallest absolute Gasteiger partial charge is 0.00466 e. The van der Waals surface area contributed by atoms with Crippen molar-refractivity contribution < 1.29 is 0 Å². The van der Waals surface area contributed by atoms with Gasteiger partial charge in [0, 0.05) is 6.04 Å². The van der Waals surface area contributed by atoms with Crippen LogP contribution in [-0.4, -0.2) is 49.6 Å². The molecule has 0 bridgehead atoms. The van der Waals surface area contributed by atoms with E-state index in [0.717, 1.165) is 5.92 Å². The lowest BCUT2D eigenvalue weighted by Gasteiger charge is -2.29. The van der Waals surface area contributed by atoms with Gasteiger partial charge in [-0.1, -0.05) is 0 Å². The third kappa shape index (κ3) is 5.79. The molecule has 0 aromatic heterocycles. The molecule has 0 radical (unpaired) electrons. The molecule has 2 nitrogen and oxygen atoms in total. The minimum absolute atomic E-state index is 0.692. The fourth-order valence-corrected chi connectivity index (χ4v) is 2.62. The Morgan fingerprint density at radius 3 is 2.67 bits per heavy atom. The molecule has 0 saturated carbocycles. The molecule has 0 amide bonds. The lowest BCUT2D eigenvalue weighted by Crippen LogP contribution is -2.37. The fraction of sp³-hybridized carbons (Fsp3) is 1.00. The Hall–Kier alpha value is 0.270. The van der Waals surface area contributed by atoms with Gasteiger partial charge in [-0.15, -0.1) is 0 Å². The van der Waals surface area contributed by atoms with Crippen molar-refractivity contribution in [3.63, 3.8) is 0 Å². The molecule has 1 heterocycles. The molecule has 0 spiro atoms.